The van der Waals surface area contributed by atoms with Crippen molar-refractivity contribution in [1.29, 1.82) is 0 Å². The minimum absolute atomic E-state index is 0.241. The fourth-order valence-electron chi connectivity index (χ4n) is 1.04. The molecule has 0 spiro atoms. The molecule has 0 saturated carbocycles. The summed E-state index contributed by atoms with van der Waals surface area (Å²) in [6.45, 7) is 0. The van der Waals surface area contributed by atoms with E-state index in [1.54, 1.807) is 17.7 Å². The van der Waals surface area contributed by atoms with E-state index in [9.17, 15) is 4.39 Å². The maximum Gasteiger partial charge on any atom is 0.177 e. The molecular weight excluding hydrogens is 143 g/mol. The van der Waals surface area contributed by atoms with Crippen LogP contribution in [0, 0.1) is 12.1 Å². The summed E-state index contributed by atoms with van der Waals surface area (Å²) in [6, 6.07) is 4.48. The number of hydrogen-bond donors (Lipinski definition) is 0. The van der Waals surface area contributed by atoms with Gasteiger partial charge in [0.25, 0.3) is 0 Å². The molecule has 1 heterocycles. The van der Waals surface area contributed by atoms with Crippen LogP contribution in [0.25, 0.3) is 11.0 Å². The lowest BCUT2D eigenvalue weighted by Gasteiger charge is -1.91. The van der Waals surface area contributed by atoms with E-state index >= 15 is 0 Å². The second-order valence-corrected chi connectivity index (χ2v) is 2.40. The third-order valence-electron chi connectivity index (χ3n) is 1.62. The standard InChI is InChI=1S/C8H6FN2/c1-11-5-10-7-3-2-6(9)4-8(7)11/h2-4H,1H3. The lowest BCUT2D eigenvalue weighted by atomic mass is 10.3. The molecule has 0 fully saturated rings. The molecule has 0 aliphatic rings. The summed E-state index contributed by atoms with van der Waals surface area (Å²) in [7, 11) is 1.79. The monoisotopic (exact) mass is 149 g/mol. The number of hydrogen-bond acceptors (Lipinski definition) is 1. The SMILES string of the molecule is Cn1[c]nc2ccc(F)cc21. The molecule has 0 aliphatic heterocycles. The number of fused-ring (bicyclic) bond motifs is 1. The molecule has 1 aromatic carbocycles. The van der Waals surface area contributed by atoms with Gasteiger partial charge in [-0.2, -0.15) is 0 Å². The maximum atomic E-state index is 12.6. The summed E-state index contributed by atoms with van der Waals surface area (Å²) in [5, 5.41) is 0. The van der Waals surface area contributed by atoms with Gasteiger partial charge in [0.2, 0.25) is 0 Å². The number of benzene rings is 1. The number of aromatic nitrogens is 2. The number of halogens is 1. The van der Waals surface area contributed by atoms with E-state index in [-0.39, 0.29) is 5.82 Å². The fourth-order valence-corrected chi connectivity index (χ4v) is 1.04. The van der Waals surface area contributed by atoms with Crippen LogP contribution in [-0.4, -0.2) is 9.55 Å². The zero-order valence-electron chi connectivity index (χ0n) is 6.00. The molecule has 0 aliphatic carbocycles. The molecule has 55 valence electrons. The van der Waals surface area contributed by atoms with Gasteiger partial charge in [0.05, 0.1) is 11.0 Å². The van der Waals surface area contributed by atoms with Crippen molar-refractivity contribution in [3.63, 3.8) is 0 Å². The summed E-state index contributed by atoms with van der Waals surface area (Å²) >= 11 is 0. The van der Waals surface area contributed by atoms with Gasteiger partial charge in [0.15, 0.2) is 6.33 Å². The normalized spacial score (nSPS) is 10.7. The van der Waals surface area contributed by atoms with Gasteiger partial charge in [0, 0.05) is 7.05 Å². The topological polar surface area (TPSA) is 17.8 Å². The van der Waals surface area contributed by atoms with E-state index in [1.165, 1.54) is 12.1 Å². The van der Waals surface area contributed by atoms with Crippen molar-refractivity contribution < 1.29 is 4.39 Å². The summed E-state index contributed by atoms with van der Waals surface area (Å²) in [6.07, 6.45) is 2.70. The van der Waals surface area contributed by atoms with Gasteiger partial charge >= 0.3 is 0 Å². The molecule has 2 nitrogen and oxygen atoms in total. The molecule has 0 saturated heterocycles. The molecule has 0 unspecified atom stereocenters. The molecule has 0 atom stereocenters. The molecule has 2 aromatic rings. The Balaban J connectivity index is 2.87. The van der Waals surface area contributed by atoms with Crippen LogP contribution in [0.2, 0.25) is 0 Å². The van der Waals surface area contributed by atoms with Crippen LogP contribution in [-0.2, 0) is 7.05 Å². The van der Waals surface area contributed by atoms with Crippen LogP contribution >= 0.6 is 0 Å². The van der Waals surface area contributed by atoms with Crippen LogP contribution in [0.15, 0.2) is 18.2 Å². The first kappa shape index (κ1) is 6.34. The molecule has 0 N–H and O–H groups in total. The van der Waals surface area contributed by atoms with Crippen LogP contribution in [0.5, 0.6) is 0 Å². The van der Waals surface area contributed by atoms with Crippen molar-refractivity contribution in [2.45, 2.75) is 0 Å². The second-order valence-electron chi connectivity index (χ2n) is 2.40. The van der Waals surface area contributed by atoms with Crippen molar-refractivity contribution in [3.05, 3.63) is 30.3 Å². The summed E-state index contributed by atoms with van der Waals surface area (Å²) in [5.41, 5.74) is 1.54. The van der Waals surface area contributed by atoms with Gasteiger partial charge < -0.3 is 4.57 Å². The van der Waals surface area contributed by atoms with E-state index in [2.05, 4.69) is 11.3 Å². The lowest BCUT2D eigenvalue weighted by Crippen LogP contribution is -1.84. The number of imidazole rings is 1. The van der Waals surface area contributed by atoms with Crippen LogP contribution in [0.1, 0.15) is 0 Å². The molecule has 11 heavy (non-hydrogen) atoms. The van der Waals surface area contributed by atoms with Crippen LogP contribution in [0.4, 0.5) is 4.39 Å². The van der Waals surface area contributed by atoms with E-state index < -0.39 is 0 Å². The van der Waals surface area contributed by atoms with Crippen molar-refractivity contribution in [2.75, 3.05) is 0 Å². The van der Waals surface area contributed by atoms with E-state index in [0.29, 0.717) is 0 Å². The largest absolute Gasteiger partial charge is 0.324 e. The van der Waals surface area contributed by atoms with Gasteiger partial charge in [-0.3, -0.25) is 0 Å². The van der Waals surface area contributed by atoms with Gasteiger partial charge in [-0.05, 0) is 18.2 Å². The first-order chi connectivity index (χ1) is 5.27. The minimum Gasteiger partial charge on any atom is -0.324 e. The van der Waals surface area contributed by atoms with Crippen LogP contribution in [0.3, 0.4) is 0 Å². The number of aryl methyl sites for hydroxylation is 1. The number of nitrogens with zero attached hydrogens (tertiary/aromatic N) is 2. The molecule has 2 rings (SSSR count). The van der Waals surface area contributed by atoms with Crippen LogP contribution < -0.4 is 0 Å². The lowest BCUT2D eigenvalue weighted by molar-refractivity contribution is 0.629. The highest BCUT2D eigenvalue weighted by atomic mass is 19.1. The smallest absolute Gasteiger partial charge is 0.177 e. The molecule has 0 bridgehead atoms. The third kappa shape index (κ3) is 0.888. The first-order valence-corrected chi connectivity index (χ1v) is 3.27. The Kier molecular flexibility index (Phi) is 1.18. The Morgan fingerprint density at radius 2 is 2.36 bits per heavy atom. The third-order valence-corrected chi connectivity index (χ3v) is 1.62. The Morgan fingerprint density at radius 1 is 1.55 bits per heavy atom. The molecule has 1 radical (unpaired) electrons. The minimum atomic E-state index is -0.241. The highest BCUT2D eigenvalue weighted by molar-refractivity contribution is 5.74. The maximum absolute atomic E-state index is 12.6. The van der Waals surface area contributed by atoms with Gasteiger partial charge in [-0.25, -0.2) is 9.37 Å². The number of rotatable bonds is 0. The zero-order chi connectivity index (χ0) is 7.84. The summed E-state index contributed by atoms with van der Waals surface area (Å²) in [5.74, 6) is -0.241. The second kappa shape index (κ2) is 2.05. The van der Waals surface area contributed by atoms with E-state index in [1.807, 2.05) is 0 Å². The summed E-state index contributed by atoms with van der Waals surface area (Å²) < 4.78 is 14.3. The van der Waals surface area contributed by atoms with Crippen molar-refractivity contribution in [3.8, 4) is 0 Å². The predicted molar refractivity (Wildman–Crippen MR) is 39.5 cm³/mol. The van der Waals surface area contributed by atoms with Gasteiger partial charge in [-0.1, -0.05) is 0 Å². The molecule has 1 aromatic heterocycles. The Labute approximate surface area is 63.3 Å². The van der Waals surface area contributed by atoms with Gasteiger partial charge in [-0.15, -0.1) is 0 Å². The quantitative estimate of drug-likeness (QED) is 0.555. The zero-order valence-corrected chi connectivity index (χ0v) is 6.00. The highest BCUT2D eigenvalue weighted by Crippen LogP contribution is 2.11. The average Bonchev–Trinajstić information content (AvgIpc) is 2.33. The fraction of sp³-hybridized carbons (Fsp3) is 0.125. The molecule has 3 heteroatoms. The Hall–Kier alpha value is -1.38. The highest BCUT2D eigenvalue weighted by Gasteiger charge is 1.99. The van der Waals surface area contributed by atoms with E-state index in [4.69, 9.17) is 0 Å². The first-order valence-electron chi connectivity index (χ1n) is 3.27. The van der Waals surface area contributed by atoms with Crippen molar-refractivity contribution in [1.82, 2.24) is 9.55 Å². The van der Waals surface area contributed by atoms with E-state index in [0.717, 1.165) is 11.0 Å². The molecular formula is C8H6FN2. The van der Waals surface area contributed by atoms with Crippen molar-refractivity contribution >= 4 is 11.0 Å². The van der Waals surface area contributed by atoms with Gasteiger partial charge in [0.1, 0.15) is 5.82 Å². The Bertz CT molecular complexity index is 392. The van der Waals surface area contributed by atoms with Crippen molar-refractivity contribution in [2.24, 2.45) is 7.05 Å². The Morgan fingerprint density at radius 3 is 3.18 bits per heavy atom. The summed E-state index contributed by atoms with van der Waals surface area (Å²) in [4.78, 5) is 3.93. The molecule has 0 amide bonds. The predicted octanol–water partition coefficient (Wildman–Crippen LogP) is 1.51. The average molecular weight is 149 g/mol.